The van der Waals surface area contributed by atoms with Crippen LogP contribution in [-0.2, 0) is 56.8 Å². The summed E-state index contributed by atoms with van der Waals surface area (Å²) < 4.78 is 73.2. The minimum Gasteiger partial charge on any atom is -0.368 e. The Kier molecular flexibility index (Phi) is 7.46. The maximum absolute atomic E-state index is 6.38. The van der Waals surface area contributed by atoms with E-state index in [1.807, 2.05) is 55.4 Å². The number of rotatable bonds is 8. The molecule has 0 aromatic heterocycles. The van der Waals surface area contributed by atoms with Crippen molar-refractivity contribution in [1.29, 1.82) is 0 Å². The van der Waals surface area contributed by atoms with Gasteiger partial charge in [-0.15, -0.1) is 0 Å². The average Bonchev–Trinajstić information content (AvgIpc) is 3.63. The summed E-state index contributed by atoms with van der Waals surface area (Å²) in [5, 5.41) is 0. The topological polar surface area (TPSA) is 111 Å². The first kappa shape index (κ1) is 29.3. The predicted octanol–water partition coefficient (Wildman–Crippen LogP) is 2.37. The molecule has 0 aromatic carbocycles. The van der Waals surface area contributed by atoms with Gasteiger partial charge in [0.25, 0.3) is 0 Å². The first-order valence-electron chi connectivity index (χ1n) is 14.2. The minimum atomic E-state index is -0.778. The fourth-order valence-electron chi connectivity index (χ4n) is 6.21. The SMILES string of the molecule is C=C(CO[C@@H]1[C@H]2OC(C)(C)O[C@H]2O[C@@H]1[C@H]1COC(C)(C)O1)CO[C@@H]1[C@H]2OC(C)(C)O[C@H]2O[C@@H]1[C@H]1COC(C)(C)O1. The van der Waals surface area contributed by atoms with E-state index in [-0.39, 0.29) is 25.4 Å². The maximum atomic E-state index is 6.38. The lowest BCUT2D eigenvalue weighted by Gasteiger charge is -2.30. The van der Waals surface area contributed by atoms with Gasteiger partial charge in [-0.25, -0.2) is 0 Å². The molecular weight excluding hydrogens is 528 g/mol. The highest BCUT2D eigenvalue weighted by molar-refractivity contribution is 5.03. The Balaban J connectivity index is 1.08. The second-order valence-electron chi connectivity index (χ2n) is 13.2. The Morgan fingerprint density at radius 3 is 1.32 bits per heavy atom. The van der Waals surface area contributed by atoms with Gasteiger partial charge < -0.3 is 56.8 Å². The zero-order valence-electron chi connectivity index (χ0n) is 24.7. The Morgan fingerprint density at radius 2 is 0.975 bits per heavy atom. The van der Waals surface area contributed by atoms with Gasteiger partial charge in [-0.2, -0.15) is 0 Å². The van der Waals surface area contributed by atoms with Crippen molar-refractivity contribution in [2.75, 3.05) is 26.4 Å². The average molecular weight is 573 g/mol. The molecule has 6 saturated heterocycles. The summed E-state index contributed by atoms with van der Waals surface area (Å²) in [6.45, 7) is 20.4. The van der Waals surface area contributed by atoms with E-state index >= 15 is 0 Å². The van der Waals surface area contributed by atoms with Crippen LogP contribution in [-0.4, -0.2) is 111 Å². The van der Waals surface area contributed by atoms with Gasteiger partial charge in [0.1, 0.15) is 48.8 Å². The lowest BCUT2D eigenvalue weighted by Crippen LogP contribution is -2.45. The molecule has 6 heterocycles. The van der Waals surface area contributed by atoms with E-state index < -0.39 is 72.4 Å². The molecule has 0 saturated carbocycles. The maximum Gasteiger partial charge on any atom is 0.190 e. The normalized spacial score (nSPS) is 46.1. The van der Waals surface area contributed by atoms with E-state index in [1.54, 1.807) is 0 Å². The molecule has 40 heavy (non-hydrogen) atoms. The van der Waals surface area contributed by atoms with Gasteiger partial charge in [-0.05, 0) is 61.0 Å². The number of hydrogen-bond acceptors (Lipinski definition) is 12. The molecule has 0 aromatic rings. The smallest absolute Gasteiger partial charge is 0.190 e. The summed E-state index contributed by atoms with van der Waals surface area (Å²) >= 11 is 0. The Hall–Kier alpha value is -0.740. The molecule has 0 bridgehead atoms. The molecule has 6 aliphatic heterocycles. The molecule has 6 fully saturated rings. The molecule has 10 atom stereocenters. The number of hydrogen-bond donors (Lipinski definition) is 0. The van der Waals surface area contributed by atoms with Gasteiger partial charge in [0.05, 0.1) is 26.4 Å². The van der Waals surface area contributed by atoms with Crippen LogP contribution in [0.2, 0.25) is 0 Å². The summed E-state index contributed by atoms with van der Waals surface area (Å²) in [5.74, 6) is -2.95. The van der Waals surface area contributed by atoms with Crippen molar-refractivity contribution in [2.24, 2.45) is 0 Å². The van der Waals surface area contributed by atoms with E-state index in [4.69, 9.17) is 56.8 Å². The first-order valence-corrected chi connectivity index (χ1v) is 14.2. The molecular formula is C28H44O12. The quantitative estimate of drug-likeness (QED) is 0.398. The van der Waals surface area contributed by atoms with E-state index in [0.29, 0.717) is 13.2 Å². The Morgan fingerprint density at radius 1 is 0.575 bits per heavy atom. The van der Waals surface area contributed by atoms with Gasteiger partial charge in [0.2, 0.25) is 0 Å². The summed E-state index contributed by atoms with van der Waals surface area (Å²) in [6.07, 6.45) is -4.33. The van der Waals surface area contributed by atoms with Crippen molar-refractivity contribution in [2.45, 2.75) is 140 Å². The van der Waals surface area contributed by atoms with E-state index in [2.05, 4.69) is 6.58 Å². The minimum absolute atomic E-state index is 0.222. The third-order valence-corrected chi connectivity index (χ3v) is 7.81. The summed E-state index contributed by atoms with van der Waals surface area (Å²) in [4.78, 5) is 0. The van der Waals surface area contributed by atoms with E-state index in [1.165, 1.54) is 0 Å². The highest BCUT2D eigenvalue weighted by Crippen LogP contribution is 2.43. The molecule has 6 rings (SSSR count). The van der Waals surface area contributed by atoms with Gasteiger partial charge in [-0.3, -0.25) is 0 Å². The first-order chi connectivity index (χ1) is 18.6. The molecule has 12 heteroatoms. The molecule has 228 valence electrons. The van der Waals surface area contributed by atoms with Crippen molar-refractivity contribution in [3.05, 3.63) is 12.2 Å². The lowest BCUT2D eigenvalue weighted by molar-refractivity contribution is -0.236. The highest BCUT2D eigenvalue weighted by Gasteiger charge is 2.60. The zero-order valence-corrected chi connectivity index (χ0v) is 24.7. The molecule has 0 N–H and O–H groups in total. The van der Waals surface area contributed by atoms with Crippen LogP contribution in [0.5, 0.6) is 0 Å². The van der Waals surface area contributed by atoms with Gasteiger partial charge in [0, 0.05) is 0 Å². The third-order valence-electron chi connectivity index (χ3n) is 7.81. The molecule has 6 aliphatic rings. The van der Waals surface area contributed by atoms with Crippen molar-refractivity contribution < 1.29 is 56.8 Å². The monoisotopic (exact) mass is 572 g/mol. The number of ether oxygens (including phenoxy) is 12. The molecule has 0 aliphatic carbocycles. The predicted molar refractivity (Wildman–Crippen MR) is 136 cm³/mol. The molecule has 0 unspecified atom stereocenters. The van der Waals surface area contributed by atoms with Crippen LogP contribution in [0, 0.1) is 0 Å². The van der Waals surface area contributed by atoms with E-state index in [9.17, 15) is 0 Å². The van der Waals surface area contributed by atoms with Crippen LogP contribution in [0.1, 0.15) is 55.4 Å². The largest absolute Gasteiger partial charge is 0.368 e. The lowest BCUT2D eigenvalue weighted by atomic mass is 10.1. The fraction of sp³-hybridized carbons (Fsp3) is 0.929. The van der Waals surface area contributed by atoms with Gasteiger partial charge in [0.15, 0.2) is 35.7 Å². The summed E-state index contributed by atoms with van der Waals surface area (Å²) in [6, 6.07) is 0. The fourth-order valence-corrected chi connectivity index (χ4v) is 6.21. The third kappa shape index (κ3) is 5.88. The molecule has 12 nitrogen and oxygen atoms in total. The second kappa shape index (κ2) is 10.2. The van der Waals surface area contributed by atoms with Crippen LogP contribution in [0.4, 0.5) is 0 Å². The highest BCUT2D eigenvalue weighted by atomic mass is 16.9. The molecule has 0 radical (unpaired) electrons. The summed E-state index contributed by atoms with van der Waals surface area (Å²) in [7, 11) is 0. The Bertz CT molecular complexity index is 891. The van der Waals surface area contributed by atoms with Gasteiger partial charge >= 0.3 is 0 Å². The number of fused-ring (bicyclic) bond motifs is 2. The van der Waals surface area contributed by atoms with Crippen LogP contribution >= 0.6 is 0 Å². The van der Waals surface area contributed by atoms with Crippen molar-refractivity contribution >= 4 is 0 Å². The Labute approximate surface area is 235 Å². The van der Waals surface area contributed by atoms with Crippen LogP contribution < -0.4 is 0 Å². The van der Waals surface area contributed by atoms with Crippen molar-refractivity contribution in [1.82, 2.24) is 0 Å². The van der Waals surface area contributed by atoms with Crippen molar-refractivity contribution in [3.63, 3.8) is 0 Å². The van der Waals surface area contributed by atoms with E-state index in [0.717, 1.165) is 5.57 Å². The molecule has 0 amide bonds. The summed E-state index contributed by atoms with van der Waals surface area (Å²) in [5.41, 5.74) is 0.730. The van der Waals surface area contributed by atoms with Crippen LogP contribution in [0.25, 0.3) is 0 Å². The molecule has 0 spiro atoms. The van der Waals surface area contributed by atoms with Gasteiger partial charge in [-0.1, -0.05) is 6.58 Å². The van der Waals surface area contributed by atoms with Crippen molar-refractivity contribution in [3.8, 4) is 0 Å². The standard InChI is InChI=1S/C28H44O12/c1-14(10-29-19-17(15-12-31-25(2,3)35-15)33-23-21(19)37-27(6,7)39-23)11-30-20-18(16-13-32-26(4,5)36-16)34-24-22(20)38-28(8,9)40-24/h15-24H,1,10-13H2,2-9H3/t15-,16-,17-,18-,19+,20+,21-,22-,23-,24-/m1/s1. The second-order valence-corrected chi connectivity index (χ2v) is 13.2. The zero-order chi connectivity index (χ0) is 28.7. The van der Waals surface area contributed by atoms with Crippen LogP contribution in [0.3, 0.4) is 0 Å². The van der Waals surface area contributed by atoms with Crippen LogP contribution in [0.15, 0.2) is 12.2 Å².